The van der Waals surface area contributed by atoms with E-state index in [4.69, 9.17) is 15.6 Å². The summed E-state index contributed by atoms with van der Waals surface area (Å²) in [5, 5.41) is 10.8. The molecule has 1 aromatic carbocycles. The van der Waals surface area contributed by atoms with Crippen LogP contribution in [0.15, 0.2) is 24.3 Å². The number of anilines is 1. The fourth-order valence-corrected chi connectivity index (χ4v) is 3.62. The zero-order valence-corrected chi connectivity index (χ0v) is 19.0. The first-order valence-corrected chi connectivity index (χ1v) is 11.1. The van der Waals surface area contributed by atoms with Crippen molar-refractivity contribution in [2.75, 3.05) is 32.5 Å². The first kappa shape index (κ1) is 26.5. The molecule has 0 aliphatic heterocycles. The molecule has 0 saturated heterocycles. The number of carbonyl (C=O) groups excluding carboxylic acids is 1. The van der Waals surface area contributed by atoms with Crippen molar-refractivity contribution in [3.63, 3.8) is 0 Å². The largest absolute Gasteiger partial charge is 0.494 e. The topological polar surface area (TPSA) is 94.2 Å². The first-order valence-electron chi connectivity index (χ1n) is 11.1. The number of nitrogens with zero attached hydrogens (tertiary/aromatic N) is 2. The van der Waals surface area contributed by atoms with Crippen LogP contribution in [-0.2, 0) is 0 Å². The maximum absolute atomic E-state index is 12.5. The molecule has 1 aromatic heterocycles. The third kappa shape index (κ3) is 6.23. The lowest BCUT2D eigenvalue weighted by atomic mass is 9.80. The molecule has 1 saturated carbocycles. The van der Waals surface area contributed by atoms with Crippen LogP contribution in [0.5, 0.6) is 5.75 Å². The van der Waals surface area contributed by atoms with Gasteiger partial charge >= 0.3 is 0 Å². The summed E-state index contributed by atoms with van der Waals surface area (Å²) in [6.07, 6.45) is 3.00. The summed E-state index contributed by atoms with van der Waals surface area (Å²) in [4.78, 5) is 12.5. The molecule has 0 unspecified atom stereocenters. The second-order valence-corrected chi connectivity index (χ2v) is 7.30. The normalized spacial score (nSPS) is 16.9. The molecule has 0 atom stereocenters. The number of nitrogens with one attached hydrogen (secondary N) is 2. The average Bonchev–Trinajstić information content (AvgIpc) is 3.09. The summed E-state index contributed by atoms with van der Waals surface area (Å²) < 4.78 is 7.48. The van der Waals surface area contributed by atoms with Gasteiger partial charge in [-0.3, -0.25) is 4.79 Å². The van der Waals surface area contributed by atoms with Gasteiger partial charge in [0.1, 0.15) is 22.8 Å². The van der Waals surface area contributed by atoms with Crippen LogP contribution in [-0.4, -0.2) is 42.4 Å². The highest BCUT2D eigenvalue weighted by Gasteiger charge is 2.34. The van der Waals surface area contributed by atoms with Crippen molar-refractivity contribution in [2.24, 2.45) is 5.92 Å². The lowest BCUT2D eigenvalue weighted by Gasteiger charge is -2.36. The van der Waals surface area contributed by atoms with Gasteiger partial charge in [-0.15, -0.1) is 0 Å². The summed E-state index contributed by atoms with van der Waals surface area (Å²) in [6, 6.07) is 7.91. The van der Waals surface area contributed by atoms with Crippen molar-refractivity contribution in [3.05, 3.63) is 29.8 Å². The fourth-order valence-electron chi connectivity index (χ4n) is 3.62. The molecule has 7 heteroatoms. The standard InChI is InChI=1S/C21H31N5O2.C2H6.CH4/c1-4-10-28-17-8-6-15(7-9-17)19-18(21(27)23-3)20(22)26(25-19)16-11-14(12-16)13-24-5-2;1-2;/h6-9,14,16,24H,4-5,10-13,22H2,1-3H3,(H,23,27);1-2H3;1H4. The molecule has 174 valence electrons. The Kier molecular flexibility index (Phi) is 11.1. The van der Waals surface area contributed by atoms with E-state index in [9.17, 15) is 4.79 Å². The van der Waals surface area contributed by atoms with Crippen LogP contribution < -0.4 is 21.1 Å². The number of hydrogen-bond acceptors (Lipinski definition) is 5. The predicted molar refractivity (Wildman–Crippen MR) is 130 cm³/mol. The molecule has 31 heavy (non-hydrogen) atoms. The number of amides is 1. The first-order chi connectivity index (χ1) is 14.6. The van der Waals surface area contributed by atoms with Gasteiger partial charge in [0, 0.05) is 12.6 Å². The summed E-state index contributed by atoms with van der Waals surface area (Å²) in [5.41, 5.74) is 8.29. The molecule has 2 aromatic rings. The highest BCUT2D eigenvalue weighted by atomic mass is 16.5. The van der Waals surface area contributed by atoms with Gasteiger partial charge in [0.25, 0.3) is 5.91 Å². The van der Waals surface area contributed by atoms with E-state index in [1.165, 1.54) is 0 Å². The third-order valence-corrected chi connectivity index (χ3v) is 5.24. The van der Waals surface area contributed by atoms with Crippen molar-refractivity contribution in [1.82, 2.24) is 20.4 Å². The second kappa shape index (κ2) is 13.0. The van der Waals surface area contributed by atoms with E-state index in [-0.39, 0.29) is 19.4 Å². The number of benzene rings is 1. The predicted octanol–water partition coefficient (Wildman–Crippen LogP) is 4.50. The summed E-state index contributed by atoms with van der Waals surface area (Å²) in [7, 11) is 1.61. The van der Waals surface area contributed by atoms with Crippen molar-refractivity contribution >= 4 is 11.7 Å². The van der Waals surface area contributed by atoms with Crippen LogP contribution in [0.3, 0.4) is 0 Å². The molecule has 1 heterocycles. The highest BCUT2D eigenvalue weighted by Crippen LogP contribution is 2.40. The van der Waals surface area contributed by atoms with Crippen molar-refractivity contribution < 1.29 is 9.53 Å². The minimum absolute atomic E-state index is 0. The number of nitrogen functional groups attached to an aromatic ring is 1. The van der Waals surface area contributed by atoms with Gasteiger partial charge in [-0.2, -0.15) is 5.10 Å². The molecule has 3 rings (SSSR count). The van der Waals surface area contributed by atoms with Gasteiger partial charge in [-0.1, -0.05) is 35.1 Å². The molecular weight excluding hydrogens is 390 g/mol. The van der Waals surface area contributed by atoms with Crippen molar-refractivity contribution in [2.45, 2.75) is 60.4 Å². The number of aromatic nitrogens is 2. The Morgan fingerprint density at radius 1 is 1.23 bits per heavy atom. The fraction of sp³-hybridized carbons (Fsp3) is 0.583. The lowest BCUT2D eigenvalue weighted by Crippen LogP contribution is -2.35. The van der Waals surface area contributed by atoms with Crippen molar-refractivity contribution in [1.29, 1.82) is 0 Å². The molecule has 0 radical (unpaired) electrons. The van der Waals surface area contributed by atoms with Crippen LogP contribution in [0, 0.1) is 5.92 Å². The Balaban J connectivity index is 0.00000156. The maximum Gasteiger partial charge on any atom is 0.257 e. The Labute approximate surface area is 187 Å². The number of hydrogen-bond donors (Lipinski definition) is 3. The van der Waals surface area contributed by atoms with Gasteiger partial charge in [0.05, 0.1) is 12.6 Å². The van der Waals surface area contributed by atoms with Gasteiger partial charge < -0.3 is 21.1 Å². The molecular formula is C24H41N5O2. The van der Waals surface area contributed by atoms with E-state index < -0.39 is 0 Å². The number of ether oxygens (including phenoxy) is 1. The summed E-state index contributed by atoms with van der Waals surface area (Å²) in [5.74, 6) is 1.67. The highest BCUT2D eigenvalue weighted by molar-refractivity contribution is 6.04. The maximum atomic E-state index is 12.5. The van der Waals surface area contributed by atoms with E-state index in [1.807, 2.05) is 42.8 Å². The third-order valence-electron chi connectivity index (χ3n) is 5.24. The van der Waals surface area contributed by atoms with Crippen LogP contribution in [0.25, 0.3) is 11.3 Å². The average molecular weight is 432 g/mol. The van der Waals surface area contributed by atoms with Crippen LogP contribution >= 0.6 is 0 Å². The molecule has 1 amide bonds. The van der Waals surface area contributed by atoms with E-state index in [1.54, 1.807) is 7.05 Å². The van der Waals surface area contributed by atoms with Crippen LogP contribution in [0.1, 0.15) is 70.8 Å². The lowest BCUT2D eigenvalue weighted by molar-refractivity contribution is 0.0964. The quantitative estimate of drug-likeness (QED) is 0.543. The zero-order valence-electron chi connectivity index (χ0n) is 19.0. The van der Waals surface area contributed by atoms with E-state index in [2.05, 4.69) is 24.5 Å². The van der Waals surface area contributed by atoms with Gasteiger partial charge in [0.15, 0.2) is 0 Å². The Morgan fingerprint density at radius 3 is 2.42 bits per heavy atom. The van der Waals surface area contributed by atoms with E-state index >= 15 is 0 Å². The van der Waals surface area contributed by atoms with Crippen molar-refractivity contribution in [3.8, 4) is 17.0 Å². The van der Waals surface area contributed by atoms with Gasteiger partial charge in [-0.25, -0.2) is 4.68 Å². The smallest absolute Gasteiger partial charge is 0.257 e. The van der Waals surface area contributed by atoms with Crippen LogP contribution in [0.2, 0.25) is 0 Å². The van der Waals surface area contributed by atoms with E-state index in [0.717, 1.165) is 43.7 Å². The number of rotatable bonds is 9. The van der Waals surface area contributed by atoms with Crippen LogP contribution in [0.4, 0.5) is 5.82 Å². The SMILES string of the molecule is C.CC.CCCOc1ccc(-c2nn(C3CC(CNCC)C3)c(N)c2C(=O)NC)cc1. The molecule has 4 N–H and O–H groups in total. The Morgan fingerprint density at radius 2 is 1.87 bits per heavy atom. The molecule has 0 spiro atoms. The monoisotopic (exact) mass is 431 g/mol. The van der Waals surface area contributed by atoms with E-state index in [0.29, 0.717) is 29.6 Å². The molecule has 1 aliphatic carbocycles. The molecule has 1 fully saturated rings. The zero-order chi connectivity index (χ0) is 22.1. The Bertz CT molecular complexity index is 795. The molecule has 7 nitrogen and oxygen atoms in total. The molecule has 1 aliphatic rings. The number of carbonyl (C=O) groups is 1. The number of nitrogens with two attached hydrogens (primary N) is 1. The Hall–Kier alpha value is -2.54. The second-order valence-electron chi connectivity index (χ2n) is 7.30. The molecule has 0 bridgehead atoms. The van der Waals surface area contributed by atoms with Gasteiger partial charge in [0.2, 0.25) is 0 Å². The minimum Gasteiger partial charge on any atom is -0.494 e. The minimum atomic E-state index is -0.214. The summed E-state index contributed by atoms with van der Waals surface area (Å²) in [6.45, 7) is 10.9. The summed E-state index contributed by atoms with van der Waals surface area (Å²) >= 11 is 0. The van der Waals surface area contributed by atoms with Gasteiger partial charge in [-0.05, 0) is 62.5 Å².